The molecule has 0 bridgehead atoms. The van der Waals surface area contributed by atoms with E-state index in [9.17, 15) is 9.59 Å². The highest BCUT2D eigenvalue weighted by Gasteiger charge is 2.44. The third-order valence-electron chi connectivity index (χ3n) is 5.50. The number of Topliss-reactive ketones (excluding diaryl/α,β-unsaturated/α-hetero) is 1. The van der Waals surface area contributed by atoms with E-state index < -0.39 is 0 Å². The van der Waals surface area contributed by atoms with Crippen molar-refractivity contribution in [3.05, 3.63) is 23.3 Å². The quantitative estimate of drug-likeness (QED) is 0.755. The summed E-state index contributed by atoms with van der Waals surface area (Å²) in [4.78, 5) is 29.8. The average Bonchev–Trinajstić information content (AvgIpc) is 2.76. The number of hydrogen-bond acceptors (Lipinski definition) is 5. The molecule has 6 heteroatoms. The number of anilines is 1. The maximum atomic E-state index is 12.2. The summed E-state index contributed by atoms with van der Waals surface area (Å²) in [7, 11) is 0. The van der Waals surface area contributed by atoms with E-state index in [0.717, 1.165) is 37.2 Å². The molecule has 0 aromatic heterocycles. The van der Waals surface area contributed by atoms with Crippen LogP contribution in [0.5, 0.6) is 0 Å². The predicted octanol–water partition coefficient (Wildman–Crippen LogP) is 3.52. The van der Waals surface area contributed by atoms with Gasteiger partial charge in [0.15, 0.2) is 5.78 Å². The van der Waals surface area contributed by atoms with Crippen LogP contribution in [0, 0.1) is 0 Å². The Morgan fingerprint density at radius 2 is 2.16 bits per heavy atom. The van der Waals surface area contributed by atoms with E-state index in [2.05, 4.69) is 17.0 Å². The lowest BCUT2D eigenvalue weighted by Gasteiger charge is -2.38. The molecule has 0 saturated carbocycles. The molecule has 5 nitrogen and oxygen atoms in total. The molecule has 0 unspecified atom stereocenters. The zero-order chi connectivity index (χ0) is 17.6. The minimum Gasteiger partial charge on any atom is -0.450 e. The molecular formula is C19H24N2O3S. The fourth-order valence-corrected chi connectivity index (χ4v) is 5.47. The smallest absolute Gasteiger partial charge is 0.409 e. The highest BCUT2D eigenvalue weighted by molar-refractivity contribution is 7.99. The van der Waals surface area contributed by atoms with Crippen molar-refractivity contribution in [1.82, 2.24) is 4.90 Å². The number of benzene rings is 1. The van der Waals surface area contributed by atoms with Gasteiger partial charge in [-0.15, -0.1) is 11.8 Å². The molecule has 0 N–H and O–H groups in total. The number of amides is 1. The Morgan fingerprint density at radius 1 is 1.32 bits per heavy atom. The molecule has 2 atom stereocenters. The summed E-state index contributed by atoms with van der Waals surface area (Å²) in [5, 5.41) is 0. The van der Waals surface area contributed by atoms with Crippen LogP contribution >= 0.6 is 11.8 Å². The van der Waals surface area contributed by atoms with Gasteiger partial charge >= 0.3 is 6.09 Å². The van der Waals surface area contributed by atoms with Gasteiger partial charge in [-0.3, -0.25) is 4.79 Å². The number of thioether (sulfide) groups is 1. The number of carbonyl (C=O) groups excluding carboxylic acids is 2. The number of ketones is 1. The van der Waals surface area contributed by atoms with Gasteiger partial charge < -0.3 is 14.5 Å². The molecule has 1 aromatic carbocycles. The van der Waals surface area contributed by atoms with Crippen molar-refractivity contribution >= 4 is 29.3 Å². The van der Waals surface area contributed by atoms with Gasteiger partial charge in [-0.1, -0.05) is 0 Å². The zero-order valence-corrected chi connectivity index (χ0v) is 15.6. The third kappa shape index (κ3) is 2.80. The first-order valence-corrected chi connectivity index (χ1v) is 10.1. The standard InChI is InChI=1S/C19H24N2O3S/c1-3-24-19(23)20-7-5-16-15(11-20)14-9-13(12(2)22)10-17-18(14)21(16)6-4-8-25-17/h9-10,15-16H,3-8,11H2,1-2H3/t15-,16-/m1/s1. The zero-order valence-electron chi connectivity index (χ0n) is 14.8. The number of nitrogens with zero attached hydrogens (tertiary/aromatic N) is 2. The lowest BCUT2D eigenvalue weighted by atomic mass is 9.88. The van der Waals surface area contributed by atoms with Crippen LogP contribution in [-0.4, -0.2) is 54.8 Å². The Bertz CT molecular complexity index is 721. The van der Waals surface area contributed by atoms with Crippen molar-refractivity contribution in [2.45, 2.75) is 43.5 Å². The molecule has 3 aliphatic heterocycles. The Labute approximate surface area is 152 Å². The van der Waals surface area contributed by atoms with E-state index in [1.807, 2.05) is 23.6 Å². The summed E-state index contributed by atoms with van der Waals surface area (Å²) in [6.07, 6.45) is 1.89. The molecule has 0 spiro atoms. The van der Waals surface area contributed by atoms with Gasteiger partial charge in [0, 0.05) is 42.1 Å². The normalized spacial score (nSPS) is 24.4. The molecule has 1 fully saturated rings. The van der Waals surface area contributed by atoms with Crippen molar-refractivity contribution in [2.75, 3.05) is 36.9 Å². The lowest BCUT2D eigenvalue weighted by molar-refractivity contribution is 0.0932. The first kappa shape index (κ1) is 16.8. The molecular weight excluding hydrogens is 336 g/mol. The van der Waals surface area contributed by atoms with Gasteiger partial charge in [0.1, 0.15) is 0 Å². The first-order valence-electron chi connectivity index (χ1n) is 9.10. The molecule has 3 aliphatic rings. The van der Waals surface area contributed by atoms with Crippen molar-refractivity contribution in [3.8, 4) is 0 Å². The number of hydrogen-bond donors (Lipinski definition) is 0. The molecule has 25 heavy (non-hydrogen) atoms. The topological polar surface area (TPSA) is 49.9 Å². The van der Waals surface area contributed by atoms with Gasteiger partial charge in [-0.2, -0.15) is 0 Å². The monoisotopic (exact) mass is 360 g/mol. The van der Waals surface area contributed by atoms with Gasteiger partial charge in [0.2, 0.25) is 0 Å². The number of rotatable bonds is 2. The number of fused-ring (bicyclic) bond motifs is 3. The second kappa shape index (κ2) is 6.56. The lowest BCUT2D eigenvalue weighted by Crippen LogP contribution is -2.48. The highest BCUT2D eigenvalue weighted by Crippen LogP contribution is 2.50. The van der Waals surface area contributed by atoms with Crippen molar-refractivity contribution < 1.29 is 14.3 Å². The molecule has 134 valence electrons. The van der Waals surface area contributed by atoms with Crippen LogP contribution in [0.1, 0.15) is 48.5 Å². The highest BCUT2D eigenvalue weighted by atomic mass is 32.2. The Morgan fingerprint density at radius 3 is 2.92 bits per heavy atom. The SMILES string of the molecule is CCOC(=O)N1CC[C@@H]2[C@H](C1)c1cc(C(C)=O)cc3c1N2CCCS3. The first-order chi connectivity index (χ1) is 12.1. The van der Waals surface area contributed by atoms with Crippen LogP contribution in [-0.2, 0) is 4.74 Å². The minimum absolute atomic E-state index is 0.108. The fraction of sp³-hybridized carbons (Fsp3) is 0.579. The summed E-state index contributed by atoms with van der Waals surface area (Å²) >= 11 is 1.86. The summed E-state index contributed by atoms with van der Waals surface area (Å²) in [6, 6.07) is 4.56. The van der Waals surface area contributed by atoms with Gasteiger partial charge in [0.05, 0.1) is 12.3 Å². The summed E-state index contributed by atoms with van der Waals surface area (Å²) < 4.78 is 5.20. The molecule has 1 aromatic rings. The Kier molecular flexibility index (Phi) is 4.40. The number of ether oxygens (including phenoxy) is 1. The molecule has 3 heterocycles. The fourth-order valence-electron chi connectivity index (χ4n) is 4.39. The van der Waals surface area contributed by atoms with Gasteiger partial charge in [0.25, 0.3) is 0 Å². The summed E-state index contributed by atoms with van der Waals surface area (Å²) in [5.41, 5.74) is 3.35. The van der Waals surface area contributed by atoms with E-state index >= 15 is 0 Å². The van der Waals surface area contributed by atoms with E-state index in [4.69, 9.17) is 4.74 Å². The molecule has 0 radical (unpaired) electrons. The average molecular weight is 360 g/mol. The molecule has 4 rings (SSSR count). The van der Waals surface area contributed by atoms with Crippen molar-refractivity contribution in [3.63, 3.8) is 0 Å². The molecule has 1 amide bonds. The van der Waals surface area contributed by atoms with Crippen LogP contribution in [0.25, 0.3) is 0 Å². The van der Waals surface area contributed by atoms with Crippen LogP contribution < -0.4 is 4.90 Å². The Hall–Kier alpha value is -1.69. The third-order valence-corrected chi connectivity index (χ3v) is 6.62. The summed E-state index contributed by atoms with van der Waals surface area (Å²) in [6.45, 7) is 6.36. The number of carbonyl (C=O) groups is 2. The second-order valence-electron chi connectivity index (χ2n) is 6.97. The number of likely N-dealkylation sites (tertiary alicyclic amines) is 1. The van der Waals surface area contributed by atoms with Crippen LogP contribution in [0.3, 0.4) is 0 Å². The molecule has 1 saturated heterocycles. The molecule has 0 aliphatic carbocycles. The summed E-state index contributed by atoms with van der Waals surface area (Å²) in [5.74, 6) is 1.47. The largest absolute Gasteiger partial charge is 0.450 e. The van der Waals surface area contributed by atoms with Crippen LogP contribution in [0.2, 0.25) is 0 Å². The Balaban J connectivity index is 1.74. The minimum atomic E-state index is -0.217. The van der Waals surface area contributed by atoms with Crippen LogP contribution in [0.15, 0.2) is 17.0 Å². The van der Waals surface area contributed by atoms with E-state index in [0.29, 0.717) is 19.2 Å². The van der Waals surface area contributed by atoms with E-state index in [1.54, 1.807) is 6.92 Å². The maximum absolute atomic E-state index is 12.2. The number of piperidine rings is 1. The van der Waals surface area contributed by atoms with Gasteiger partial charge in [-0.25, -0.2) is 4.79 Å². The maximum Gasteiger partial charge on any atom is 0.409 e. The predicted molar refractivity (Wildman–Crippen MR) is 98.9 cm³/mol. The van der Waals surface area contributed by atoms with Crippen LogP contribution in [0.4, 0.5) is 10.5 Å². The van der Waals surface area contributed by atoms with E-state index in [1.165, 1.54) is 16.1 Å². The van der Waals surface area contributed by atoms with Gasteiger partial charge in [-0.05, 0) is 50.1 Å². The van der Waals surface area contributed by atoms with Crippen molar-refractivity contribution in [1.29, 1.82) is 0 Å². The van der Waals surface area contributed by atoms with E-state index in [-0.39, 0.29) is 17.8 Å². The second-order valence-corrected chi connectivity index (χ2v) is 8.11. The van der Waals surface area contributed by atoms with Crippen molar-refractivity contribution in [2.24, 2.45) is 0 Å².